The Morgan fingerprint density at radius 2 is 2.05 bits per heavy atom. The van der Waals surface area contributed by atoms with Gasteiger partial charge in [-0.15, -0.1) is 0 Å². The standard InChI is InChI=1S/C17H17FO3/c1-11-8-13(6-7-16(11)21-2)15(17(19)20)10-12-4-3-5-14(18)9-12/h3-9,15H,10H2,1-2H3,(H,19,20). The van der Waals surface area contributed by atoms with Crippen LogP contribution in [-0.2, 0) is 11.2 Å². The number of carbonyl (C=O) groups is 1. The highest BCUT2D eigenvalue weighted by Crippen LogP contribution is 2.26. The van der Waals surface area contributed by atoms with Crippen molar-refractivity contribution in [3.63, 3.8) is 0 Å². The molecule has 0 saturated heterocycles. The van der Waals surface area contributed by atoms with Crippen molar-refractivity contribution in [1.82, 2.24) is 0 Å². The van der Waals surface area contributed by atoms with Gasteiger partial charge >= 0.3 is 5.97 Å². The highest BCUT2D eigenvalue weighted by molar-refractivity contribution is 5.76. The van der Waals surface area contributed by atoms with Gasteiger partial charge in [-0.2, -0.15) is 0 Å². The number of benzene rings is 2. The van der Waals surface area contributed by atoms with Crippen LogP contribution in [0, 0.1) is 12.7 Å². The fraction of sp³-hybridized carbons (Fsp3) is 0.235. The summed E-state index contributed by atoms with van der Waals surface area (Å²) in [5.74, 6) is -1.28. The fourth-order valence-electron chi connectivity index (χ4n) is 2.37. The second-order valence-electron chi connectivity index (χ2n) is 4.95. The Labute approximate surface area is 123 Å². The minimum Gasteiger partial charge on any atom is -0.496 e. The number of halogens is 1. The van der Waals surface area contributed by atoms with Crippen LogP contribution < -0.4 is 4.74 Å². The van der Waals surface area contributed by atoms with E-state index in [1.54, 1.807) is 37.4 Å². The van der Waals surface area contributed by atoms with Gasteiger partial charge in [0.25, 0.3) is 0 Å². The Morgan fingerprint density at radius 1 is 1.29 bits per heavy atom. The first-order chi connectivity index (χ1) is 10.0. The minimum atomic E-state index is -0.927. The summed E-state index contributed by atoms with van der Waals surface area (Å²) in [4.78, 5) is 11.5. The van der Waals surface area contributed by atoms with E-state index in [2.05, 4.69) is 0 Å². The summed E-state index contributed by atoms with van der Waals surface area (Å²) in [5.41, 5.74) is 2.22. The molecule has 2 aromatic rings. The van der Waals surface area contributed by atoms with Gasteiger partial charge in [0.1, 0.15) is 11.6 Å². The second-order valence-corrected chi connectivity index (χ2v) is 4.95. The zero-order chi connectivity index (χ0) is 15.4. The van der Waals surface area contributed by atoms with E-state index >= 15 is 0 Å². The first-order valence-corrected chi connectivity index (χ1v) is 6.63. The van der Waals surface area contributed by atoms with E-state index in [9.17, 15) is 14.3 Å². The number of rotatable bonds is 5. The van der Waals surface area contributed by atoms with Crippen LogP contribution in [0.15, 0.2) is 42.5 Å². The Hall–Kier alpha value is -2.36. The van der Waals surface area contributed by atoms with Gasteiger partial charge in [-0.05, 0) is 48.2 Å². The molecule has 110 valence electrons. The van der Waals surface area contributed by atoms with Gasteiger partial charge < -0.3 is 9.84 Å². The molecule has 0 aliphatic rings. The topological polar surface area (TPSA) is 46.5 Å². The molecule has 1 unspecified atom stereocenters. The van der Waals surface area contributed by atoms with Crippen molar-refractivity contribution < 1.29 is 19.0 Å². The SMILES string of the molecule is COc1ccc(C(Cc2cccc(F)c2)C(=O)O)cc1C. The zero-order valence-electron chi connectivity index (χ0n) is 12.0. The first-order valence-electron chi connectivity index (χ1n) is 6.63. The van der Waals surface area contributed by atoms with E-state index < -0.39 is 11.9 Å². The lowest BCUT2D eigenvalue weighted by atomic mass is 9.91. The normalized spacial score (nSPS) is 12.0. The van der Waals surface area contributed by atoms with Crippen LogP contribution >= 0.6 is 0 Å². The van der Waals surface area contributed by atoms with E-state index in [-0.39, 0.29) is 12.2 Å². The van der Waals surface area contributed by atoms with Crippen LogP contribution in [0.2, 0.25) is 0 Å². The predicted molar refractivity (Wildman–Crippen MR) is 78.2 cm³/mol. The largest absolute Gasteiger partial charge is 0.496 e. The Kier molecular flexibility index (Phi) is 4.58. The van der Waals surface area contributed by atoms with Gasteiger partial charge in [-0.3, -0.25) is 4.79 Å². The lowest BCUT2D eigenvalue weighted by Crippen LogP contribution is -2.14. The summed E-state index contributed by atoms with van der Waals surface area (Å²) in [7, 11) is 1.57. The molecule has 1 N–H and O–H groups in total. The zero-order valence-corrected chi connectivity index (χ0v) is 12.0. The van der Waals surface area contributed by atoms with Crippen LogP contribution in [0.4, 0.5) is 4.39 Å². The monoisotopic (exact) mass is 288 g/mol. The molecule has 0 aliphatic carbocycles. The molecular formula is C17H17FO3. The number of aryl methyl sites for hydroxylation is 1. The van der Waals surface area contributed by atoms with Crippen LogP contribution in [-0.4, -0.2) is 18.2 Å². The van der Waals surface area contributed by atoms with Crippen molar-refractivity contribution in [2.75, 3.05) is 7.11 Å². The molecule has 0 saturated carbocycles. The lowest BCUT2D eigenvalue weighted by molar-refractivity contribution is -0.138. The fourth-order valence-corrected chi connectivity index (χ4v) is 2.37. The highest BCUT2D eigenvalue weighted by Gasteiger charge is 2.21. The number of carboxylic acid groups (broad SMARTS) is 1. The van der Waals surface area contributed by atoms with Gasteiger partial charge in [-0.1, -0.05) is 24.3 Å². The smallest absolute Gasteiger partial charge is 0.311 e. The van der Waals surface area contributed by atoms with Gasteiger partial charge in [0.15, 0.2) is 0 Å². The summed E-state index contributed by atoms with van der Waals surface area (Å²) in [6.07, 6.45) is 0.249. The molecule has 21 heavy (non-hydrogen) atoms. The number of hydrogen-bond acceptors (Lipinski definition) is 2. The Balaban J connectivity index is 2.31. The summed E-state index contributed by atoms with van der Waals surface area (Å²) in [6.45, 7) is 1.86. The molecule has 2 rings (SSSR count). The minimum absolute atomic E-state index is 0.249. The molecule has 0 fully saturated rings. The molecule has 0 radical (unpaired) electrons. The highest BCUT2D eigenvalue weighted by atomic mass is 19.1. The van der Waals surface area contributed by atoms with E-state index in [0.717, 1.165) is 5.56 Å². The average Bonchev–Trinajstić information content (AvgIpc) is 2.44. The third-order valence-electron chi connectivity index (χ3n) is 3.45. The summed E-state index contributed by atoms with van der Waals surface area (Å²) in [5, 5.41) is 9.45. The number of aliphatic carboxylic acids is 1. The number of carboxylic acids is 1. The van der Waals surface area contributed by atoms with E-state index in [1.807, 2.05) is 6.92 Å². The van der Waals surface area contributed by atoms with Crippen LogP contribution in [0.3, 0.4) is 0 Å². The van der Waals surface area contributed by atoms with Crippen molar-refractivity contribution in [2.45, 2.75) is 19.3 Å². The molecule has 0 spiro atoms. The quantitative estimate of drug-likeness (QED) is 0.915. The molecule has 0 heterocycles. The van der Waals surface area contributed by atoms with Crippen molar-refractivity contribution in [3.05, 3.63) is 65.0 Å². The van der Waals surface area contributed by atoms with Crippen molar-refractivity contribution in [3.8, 4) is 5.75 Å². The van der Waals surface area contributed by atoms with E-state index in [1.165, 1.54) is 12.1 Å². The molecule has 0 amide bonds. The molecule has 2 aromatic carbocycles. The third kappa shape index (κ3) is 3.60. The van der Waals surface area contributed by atoms with Gasteiger partial charge in [0, 0.05) is 0 Å². The van der Waals surface area contributed by atoms with Gasteiger partial charge in [0.2, 0.25) is 0 Å². The van der Waals surface area contributed by atoms with Crippen molar-refractivity contribution in [1.29, 1.82) is 0 Å². The molecule has 3 nitrogen and oxygen atoms in total. The molecule has 0 aliphatic heterocycles. The van der Waals surface area contributed by atoms with Crippen molar-refractivity contribution in [2.24, 2.45) is 0 Å². The Morgan fingerprint density at radius 3 is 2.62 bits per heavy atom. The van der Waals surface area contributed by atoms with Gasteiger partial charge in [-0.25, -0.2) is 4.39 Å². The van der Waals surface area contributed by atoms with E-state index in [4.69, 9.17) is 4.74 Å². The van der Waals surface area contributed by atoms with Crippen LogP contribution in [0.5, 0.6) is 5.75 Å². The number of methoxy groups -OCH3 is 1. The summed E-state index contributed by atoms with van der Waals surface area (Å²) in [6, 6.07) is 11.3. The maximum atomic E-state index is 13.2. The predicted octanol–water partition coefficient (Wildman–Crippen LogP) is 3.55. The summed E-state index contributed by atoms with van der Waals surface area (Å²) >= 11 is 0. The maximum Gasteiger partial charge on any atom is 0.311 e. The molecule has 4 heteroatoms. The first kappa shape index (κ1) is 15.0. The van der Waals surface area contributed by atoms with Gasteiger partial charge in [0.05, 0.1) is 13.0 Å². The lowest BCUT2D eigenvalue weighted by Gasteiger charge is -2.15. The van der Waals surface area contributed by atoms with E-state index in [0.29, 0.717) is 16.9 Å². The third-order valence-corrected chi connectivity index (χ3v) is 3.45. The Bertz CT molecular complexity index is 652. The number of hydrogen-bond donors (Lipinski definition) is 1. The second kappa shape index (κ2) is 6.39. The van der Waals surface area contributed by atoms with Crippen molar-refractivity contribution >= 4 is 5.97 Å². The molecule has 1 atom stereocenters. The van der Waals surface area contributed by atoms with Crippen LogP contribution in [0.1, 0.15) is 22.6 Å². The summed E-state index contributed by atoms with van der Waals surface area (Å²) < 4.78 is 18.4. The number of ether oxygens (including phenoxy) is 1. The average molecular weight is 288 g/mol. The maximum absolute atomic E-state index is 13.2. The molecular weight excluding hydrogens is 271 g/mol. The van der Waals surface area contributed by atoms with Crippen LogP contribution in [0.25, 0.3) is 0 Å². The molecule has 0 bridgehead atoms. The molecule has 0 aromatic heterocycles.